The van der Waals surface area contributed by atoms with Gasteiger partial charge in [0.05, 0.1) is 5.56 Å². The van der Waals surface area contributed by atoms with Crippen LogP contribution in [0.4, 0.5) is 21.9 Å². The van der Waals surface area contributed by atoms with E-state index in [2.05, 4.69) is 16.0 Å². The number of urea groups is 1. The summed E-state index contributed by atoms with van der Waals surface area (Å²) in [4.78, 5) is 27.1. The Morgan fingerprint density at radius 3 is 2.26 bits per heavy atom. The maximum Gasteiger partial charge on any atom is 0.323 e. The van der Waals surface area contributed by atoms with Crippen molar-refractivity contribution in [2.75, 3.05) is 36.2 Å². The van der Waals surface area contributed by atoms with Crippen LogP contribution < -0.4 is 20.9 Å². The number of benzene rings is 3. The summed E-state index contributed by atoms with van der Waals surface area (Å²) >= 11 is 5.95. The Morgan fingerprint density at radius 2 is 1.58 bits per heavy atom. The van der Waals surface area contributed by atoms with E-state index < -0.39 is 6.03 Å². The smallest absolute Gasteiger partial charge is 0.323 e. The molecule has 31 heavy (non-hydrogen) atoms. The van der Waals surface area contributed by atoms with E-state index >= 15 is 0 Å². The van der Waals surface area contributed by atoms with Crippen molar-refractivity contribution in [3.63, 3.8) is 0 Å². The Balaban J connectivity index is 1.67. The molecule has 3 N–H and O–H groups in total. The molecule has 0 radical (unpaired) electrons. The number of nitrogens with zero attached hydrogens (tertiary/aromatic N) is 1. The van der Waals surface area contributed by atoms with Crippen LogP contribution >= 0.6 is 11.6 Å². The summed E-state index contributed by atoms with van der Waals surface area (Å²) in [5.41, 5.74) is 3.49. The molecule has 0 unspecified atom stereocenters. The molecule has 0 aromatic heterocycles. The molecule has 0 bridgehead atoms. The van der Waals surface area contributed by atoms with Crippen LogP contribution in [0.2, 0.25) is 5.02 Å². The van der Waals surface area contributed by atoms with Crippen molar-refractivity contribution in [1.29, 1.82) is 0 Å². The lowest BCUT2D eigenvalue weighted by molar-refractivity contribution is 0.0954. The van der Waals surface area contributed by atoms with Gasteiger partial charge in [-0.3, -0.25) is 4.79 Å². The molecule has 0 aliphatic rings. The fraction of sp³-hybridized carbons (Fsp3) is 0.167. The highest BCUT2D eigenvalue weighted by Gasteiger charge is 2.15. The molecule has 0 aliphatic heterocycles. The highest BCUT2D eigenvalue weighted by atomic mass is 35.5. The predicted octanol–water partition coefficient (Wildman–Crippen LogP) is 5.02. The Kier molecular flexibility index (Phi) is 7.51. The van der Waals surface area contributed by atoms with Crippen LogP contribution in [-0.2, 0) is 6.42 Å². The Bertz CT molecular complexity index is 1050. The third-order valence-electron chi connectivity index (χ3n) is 4.61. The zero-order valence-corrected chi connectivity index (χ0v) is 18.2. The van der Waals surface area contributed by atoms with Gasteiger partial charge in [0.15, 0.2) is 0 Å². The van der Waals surface area contributed by atoms with Crippen LogP contribution in [0.3, 0.4) is 0 Å². The number of hydrogen-bond donors (Lipinski definition) is 3. The van der Waals surface area contributed by atoms with Crippen LogP contribution in [0.25, 0.3) is 0 Å². The lowest BCUT2D eigenvalue weighted by Crippen LogP contribution is -2.28. The van der Waals surface area contributed by atoms with Crippen molar-refractivity contribution >= 4 is 40.6 Å². The van der Waals surface area contributed by atoms with E-state index in [9.17, 15) is 9.59 Å². The second kappa shape index (κ2) is 10.5. The van der Waals surface area contributed by atoms with Gasteiger partial charge in [0.2, 0.25) is 0 Å². The number of hydrogen-bond acceptors (Lipinski definition) is 3. The number of carbonyl (C=O) groups excluding carboxylic acids is 2. The van der Waals surface area contributed by atoms with Crippen LogP contribution in [0, 0.1) is 0 Å². The molecular formula is C24H25ClN4O2. The highest BCUT2D eigenvalue weighted by Crippen LogP contribution is 2.23. The topological polar surface area (TPSA) is 73.5 Å². The van der Waals surface area contributed by atoms with E-state index in [0.29, 0.717) is 28.5 Å². The summed E-state index contributed by atoms with van der Waals surface area (Å²) < 4.78 is 0. The minimum atomic E-state index is -0.421. The predicted molar refractivity (Wildman–Crippen MR) is 127 cm³/mol. The normalized spacial score (nSPS) is 10.3. The monoisotopic (exact) mass is 436 g/mol. The zero-order chi connectivity index (χ0) is 22.2. The summed E-state index contributed by atoms with van der Waals surface area (Å²) in [7, 11) is 3.74. The molecule has 160 valence electrons. The summed E-state index contributed by atoms with van der Waals surface area (Å²) in [6.07, 6.45) is 0.740. The van der Waals surface area contributed by atoms with Crippen LogP contribution in [0.15, 0.2) is 72.8 Å². The van der Waals surface area contributed by atoms with Gasteiger partial charge in [0.25, 0.3) is 5.91 Å². The number of amides is 3. The van der Waals surface area contributed by atoms with Crippen molar-refractivity contribution < 1.29 is 9.59 Å². The molecule has 3 aromatic rings. The van der Waals surface area contributed by atoms with Crippen LogP contribution in [0.1, 0.15) is 15.9 Å². The summed E-state index contributed by atoms with van der Waals surface area (Å²) in [6.45, 7) is 0.516. The minimum Gasteiger partial charge on any atom is -0.377 e. The van der Waals surface area contributed by atoms with Gasteiger partial charge in [-0.1, -0.05) is 48.0 Å². The fourth-order valence-electron chi connectivity index (χ4n) is 3.11. The van der Waals surface area contributed by atoms with E-state index in [1.807, 2.05) is 49.3 Å². The quantitative estimate of drug-likeness (QED) is 0.486. The first-order valence-corrected chi connectivity index (χ1v) is 10.3. The van der Waals surface area contributed by atoms with Crippen LogP contribution in [0.5, 0.6) is 0 Å². The first kappa shape index (κ1) is 22.2. The Labute approximate surface area is 187 Å². The zero-order valence-electron chi connectivity index (χ0n) is 17.5. The third-order valence-corrected chi connectivity index (χ3v) is 4.84. The lowest BCUT2D eigenvalue weighted by atomic mass is 10.1. The first-order chi connectivity index (χ1) is 14.9. The molecule has 0 saturated carbocycles. The first-order valence-electron chi connectivity index (χ1n) is 9.89. The number of rotatable bonds is 7. The molecule has 3 amide bonds. The van der Waals surface area contributed by atoms with Crippen molar-refractivity contribution in [3.05, 3.63) is 88.9 Å². The molecule has 0 fully saturated rings. The summed E-state index contributed by atoms with van der Waals surface area (Å²) in [5, 5.41) is 8.98. The van der Waals surface area contributed by atoms with Gasteiger partial charge >= 0.3 is 6.03 Å². The summed E-state index contributed by atoms with van der Waals surface area (Å²) in [6, 6.07) is 21.7. The molecule has 0 aliphatic carbocycles. The van der Waals surface area contributed by atoms with Crippen molar-refractivity contribution in [1.82, 2.24) is 5.32 Å². The second-order valence-electron chi connectivity index (χ2n) is 7.21. The van der Waals surface area contributed by atoms with Crippen molar-refractivity contribution in [2.24, 2.45) is 0 Å². The Hall–Kier alpha value is -3.51. The third kappa shape index (κ3) is 6.49. The molecule has 6 nitrogen and oxygen atoms in total. The fourth-order valence-corrected chi connectivity index (χ4v) is 3.30. The maximum atomic E-state index is 12.8. The van der Waals surface area contributed by atoms with Crippen LogP contribution in [-0.4, -0.2) is 32.6 Å². The van der Waals surface area contributed by atoms with E-state index in [0.717, 1.165) is 17.7 Å². The molecule has 3 aromatic carbocycles. The Morgan fingerprint density at radius 1 is 0.871 bits per heavy atom. The maximum absolute atomic E-state index is 12.8. The van der Waals surface area contributed by atoms with Gasteiger partial charge in [-0.25, -0.2) is 4.79 Å². The van der Waals surface area contributed by atoms with Gasteiger partial charge in [-0.2, -0.15) is 0 Å². The van der Waals surface area contributed by atoms with Gasteiger partial charge in [-0.15, -0.1) is 0 Å². The van der Waals surface area contributed by atoms with Crippen molar-refractivity contribution in [2.45, 2.75) is 6.42 Å². The van der Waals surface area contributed by atoms with Gasteiger partial charge < -0.3 is 20.9 Å². The largest absolute Gasteiger partial charge is 0.377 e. The standard InChI is InChI=1S/C24H25ClN4O2/c1-29(2)22-12-11-20(28-24(31)27-19-10-6-9-18(25)15-19)16-21(22)23(30)26-14-13-17-7-4-3-5-8-17/h3-12,15-16H,13-14H2,1-2H3,(H,26,30)(H2,27,28,31). The SMILES string of the molecule is CN(C)c1ccc(NC(=O)Nc2cccc(Cl)c2)cc1C(=O)NCCc1ccccc1. The van der Waals surface area contributed by atoms with Gasteiger partial charge in [-0.05, 0) is 48.4 Å². The number of nitrogens with one attached hydrogen (secondary N) is 3. The molecule has 0 saturated heterocycles. The average Bonchev–Trinajstić information content (AvgIpc) is 2.74. The number of anilines is 3. The van der Waals surface area contributed by atoms with E-state index in [1.165, 1.54) is 0 Å². The minimum absolute atomic E-state index is 0.196. The van der Waals surface area contributed by atoms with E-state index in [1.54, 1.807) is 42.5 Å². The second-order valence-corrected chi connectivity index (χ2v) is 7.64. The molecule has 7 heteroatoms. The molecule has 0 atom stereocenters. The van der Waals surface area contributed by atoms with Gasteiger partial charge in [0, 0.05) is 42.7 Å². The van der Waals surface area contributed by atoms with Crippen molar-refractivity contribution in [3.8, 4) is 0 Å². The van der Waals surface area contributed by atoms with E-state index in [4.69, 9.17) is 11.6 Å². The number of halogens is 1. The number of carbonyl (C=O) groups is 2. The van der Waals surface area contributed by atoms with Gasteiger partial charge in [0.1, 0.15) is 0 Å². The molecule has 3 rings (SSSR count). The van der Waals surface area contributed by atoms with E-state index in [-0.39, 0.29) is 5.91 Å². The average molecular weight is 437 g/mol. The summed E-state index contributed by atoms with van der Waals surface area (Å²) in [5.74, 6) is -0.196. The molecule has 0 spiro atoms. The highest BCUT2D eigenvalue weighted by molar-refractivity contribution is 6.30. The molecule has 0 heterocycles. The lowest BCUT2D eigenvalue weighted by Gasteiger charge is -2.18. The molecular weight excluding hydrogens is 412 g/mol.